The van der Waals surface area contributed by atoms with Gasteiger partial charge in [0.15, 0.2) is 0 Å². The van der Waals surface area contributed by atoms with E-state index >= 15 is 0 Å². The number of aliphatic carboxylic acids is 1. The average Bonchev–Trinajstić information content (AvgIpc) is 3.39. The zero-order chi connectivity index (χ0) is 23.4. The highest BCUT2D eigenvalue weighted by Gasteiger charge is 2.35. The minimum Gasteiger partial charge on any atom is -0.481 e. The Bertz CT molecular complexity index is 991. The number of likely N-dealkylation sites (tertiary alicyclic amines) is 1. The van der Waals surface area contributed by atoms with Crippen molar-refractivity contribution in [1.29, 1.82) is 0 Å². The maximum Gasteiger partial charge on any atom is 0.407 e. The fourth-order valence-corrected chi connectivity index (χ4v) is 5.07. The van der Waals surface area contributed by atoms with E-state index in [4.69, 9.17) is 9.84 Å². The van der Waals surface area contributed by atoms with E-state index in [9.17, 15) is 14.4 Å². The summed E-state index contributed by atoms with van der Waals surface area (Å²) in [5.41, 5.74) is 4.56. The fourth-order valence-electron chi connectivity index (χ4n) is 5.07. The third-order valence-electron chi connectivity index (χ3n) is 6.58. The molecule has 2 aromatic carbocycles. The van der Waals surface area contributed by atoms with E-state index in [0.29, 0.717) is 25.8 Å². The number of alkyl carbamates (subject to hydrolysis) is 1. The zero-order valence-corrected chi connectivity index (χ0v) is 18.8. The number of amides is 2. The van der Waals surface area contributed by atoms with Crippen LogP contribution < -0.4 is 5.32 Å². The van der Waals surface area contributed by atoms with Crippen molar-refractivity contribution < 1.29 is 24.2 Å². The first kappa shape index (κ1) is 22.8. The van der Waals surface area contributed by atoms with Crippen LogP contribution in [-0.2, 0) is 14.3 Å². The van der Waals surface area contributed by atoms with Gasteiger partial charge in [-0.2, -0.15) is 0 Å². The third kappa shape index (κ3) is 4.87. The van der Waals surface area contributed by atoms with Crippen LogP contribution in [0.4, 0.5) is 4.79 Å². The predicted octanol–water partition coefficient (Wildman–Crippen LogP) is 4.16. The maximum atomic E-state index is 13.1. The van der Waals surface area contributed by atoms with E-state index in [1.54, 1.807) is 4.90 Å². The molecule has 7 heteroatoms. The lowest BCUT2D eigenvalue weighted by molar-refractivity contribution is -0.140. The van der Waals surface area contributed by atoms with E-state index in [1.165, 1.54) is 0 Å². The predicted molar refractivity (Wildman–Crippen MR) is 124 cm³/mol. The van der Waals surface area contributed by atoms with Crippen LogP contribution >= 0.6 is 0 Å². The van der Waals surface area contributed by atoms with Crippen molar-refractivity contribution in [2.75, 3.05) is 13.2 Å². The van der Waals surface area contributed by atoms with Gasteiger partial charge in [0, 0.05) is 18.5 Å². The Hall–Kier alpha value is -3.35. The topological polar surface area (TPSA) is 95.9 Å². The molecule has 2 aromatic rings. The summed E-state index contributed by atoms with van der Waals surface area (Å²) in [6, 6.07) is 15.2. The highest BCUT2D eigenvalue weighted by atomic mass is 16.5. The van der Waals surface area contributed by atoms with Gasteiger partial charge in [0.05, 0.1) is 6.42 Å². The summed E-state index contributed by atoms with van der Waals surface area (Å²) in [6.45, 7) is 2.64. The normalized spacial score (nSPS) is 17.8. The molecular formula is C26H30N2O5. The SMILES string of the molecule is CCC[C@@H](NC(=O)OCC1c2ccccc2-c2ccccc21)C(=O)N1CCC[C@@H]1CC(=O)O. The van der Waals surface area contributed by atoms with Crippen LogP contribution in [0.3, 0.4) is 0 Å². The second kappa shape index (κ2) is 10.1. The van der Waals surface area contributed by atoms with Crippen molar-refractivity contribution >= 4 is 18.0 Å². The molecule has 0 bridgehead atoms. The number of benzene rings is 2. The standard InChI is InChI=1S/C26H30N2O5/c1-2-8-23(25(31)28-14-7-9-17(28)15-24(29)30)27-26(32)33-16-22-20-12-5-3-10-18(20)19-11-4-6-13-21(19)22/h3-6,10-13,17,22-23H,2,7-9,14-16H2,1H3,(H,27,32)(H,29,30)/t17-,23-/m1/s1. The first-order valence-electron chi connectivity index (χ1n) is 11.6. The molecule has 174 valence electrons. The fraction of sp³-hybridized carbons (Fsp3) is 0.423. The lowest BCUT2D eigenvalue weighted by atomic mass is 9.98. The van der Waals surface area contributed by atoms with Crippen LogP contribution in [0.25, 0.3) is 11.1 Å². The molecule has 2 amide bonds. The number of hydrogen-bond donors (Lipinski definition) is 2. The van der Waals surface area contributed by atoms with Crippen molar-refractivity contribution in [1.82, 2.24) is 10.2 Å². The molecule has 0 spiro atoms. The van der Waals surface area contributed by atoms with Crippen LogP contribution in [0.1, 0.15) is 56.1 Å². The summed E-state index contributed by atoms with van der Waals surface area (Å²) in [7, 11) is 0. The largest absolute Gasteiger partial charge is 0.481 e. The minimum absolute atomic E-state index is 0.0537. The molecule has 1 fully saturated rings. The van der Waals surface area contributed by atoms with Crippen molar-refractivity contribution in [2.24, 2.45) is 0 Å². The molecular weight excluding hydrogens is 420 g/mol. The second-order valence-corrected chi connectivity index (χ2v) is 8.74. The van der Waals surface area contributed by atoms with Crippen LogP contribution in [0.5, 0.6) is 0 Å². The van der Waals surface area contributed by atoms with Gasteiger partial charge < -0.3 is 20.1 Å². The van der Waals surface area contributed by atoms with Gasteiger partial charge >= 0.3 is 12.1 Å². The minimum atomic E-state index is -0.920. The quantitative estimate of drug-likeness (QED) is 0.630. The van der Waals surface area contributed by atoms with Crippen molar-refractivity contribution in [3.8, 4) is 11.1 Å². The molecule has 33 heavy (non-hydrogen) atoms. The summed E-state index contributed by atoms with van der Waals surface area (Å²) in [4.78, 5) is 38.6. The molecule has 0 radical (unpaired) electrons. The first-order chi connectivity index (χ1) is 16.0. The molecule has 1 saturated heterocycles. The van der Waals surface area contributed by atoms with Gasteiger partial charge in [-0.05, 0) is 41.5 Å². The van der Waals surface area contributed by atoms with Gasteiger partial charge in [0.2, 0.25) is 5.91 Å². The summed E-state index contributed by atoms with van der Waals surface area (Å²) in [6.07, 6.45) is 1.92. The number of carboxylic acids is 1. The Labute approximate surface area is 193 Å². The maximum absolute atomic E-state index is 13.1. The summed E-state index contributed by atoms with van der Waals surface area (Å²) in [5, 5.41) is 11.9. The van der Waals surface area contributed by atoms with Crippen molar-refractivity contribution in [3.63, 3.8) is 0 Å². The molecule has 7 nitrogen and oxygen atoms in total. The van der Waals surface area contributed by atoms with Gasteiger partial charge in [-0.25, -0.2) is 4.79 Å². The van der Waals surface area contributed by atoms with E-state index in [2.05, 4.69) is 29.6 Å². The molecule has 0 unspecified atom stereocenters. The Morgan fingerprint density at radius 3 is 2.33 bits per heavy atom. The van der Waals surface area contributed by atoms with Crippen molar-refractivity contribution in [2.45, 2.75) is 57.0 Å². The number of hydrogen-bond acceptors (Lipinski definition) is 4. The smallest absolute Gasteiger partial charge is 0.407 e. The Morgan fingerprint density at radius 1 is 1.09 bits per heavy atom. The number of ether oxygens (including phenoxy) is 1. The van der Waals surface area contributed by atoms with Gasteiger partial charge in [-0.1, -0.05) is 61.9 Å². The molecule has 1 aliphatic carbocycles. The third-order valence-corrected chi connectivity index (χ3v) is 6.58. The van der Waals surface area contributed by atoms with E-state index in [1.807, 2.05) is 31.2 Å². The van der Waals surface area contributed by atoms with Crippen molar-refractivity contribution in [3.05, 3.63) is 59.7 Å². The Morgan fingerprint density at radius 2 is 1.73 bits per heavy atom. The average molecular weight is 451 g/mol. The number of nitrogens with one attached hydrogen (secondary N) is 1. The second-order valence-electron chi connectivity index (χ2n) is 8.74. The summed E-state index contributed by atoms with van der Waals surface area (Å²) < 4.78 is 5.61. The van der Waals surface area contributed by atoms with E-state index < -0.39 is 18.1 Å². The van der Waals surface area contributed by atoms with Crippen LogP contribution in [0, 0.1) is 0 Å². The Kier molecular flexibility index (Phi) is 6.96. The van der Waals surface area contributed by atoms with Crippen LogP contribution in [0.2, 0.25) is 0 Å². The zero-order valence-electron chi connectivity index (χ0n) is 18.8. The molecule has 2 aliphatic rings. The van der Waals surface area contributed by atoms with Crippen LogP contribution in [0.15, 0.2) is 48.5 Å². The highest BCUT2D eigenvalue weighted by molar-refractivity contribution is 5.86. The summed E-state index contributed by atoms with van der Waals surface area (Å²) in [5.74, 6) is -1.20. The van der Waals surface area contributed by atoms with Gasteiger partial charge in [0.25, 0.3) is 0 Å². The van der Waals surface area contributed by atoms with E-state index in [-0.39, 0.29) is 30.9 Å². The monoisotopic (exact) mass is 450 g/mol. The molecule has 1 aliphatic heterocycles. The number of nitrogens with zero attached hydrogens (tertiary/aromatic N) is 1. The highest BCUT2D eigenvalue weighted by Crippen LogP contribution is 2.44. The molecule has 2 atom stereocenters. The first-order valence-corrected chi connectivity index (χ1v) is 11.6. The van der Waals surface area contributed by atoms with Crippen LogP contribution in [-0.4, -0.2) is 53.2 Å². The van der Waals surface area contributed by atoms with Gasteiger partial charge in [-0.15, -0.1) is 0 Å². The van der Waals surface area contributed by atoms with Gasteiger partial charge in [-0.3, -0.25) is 9.59 Å². The lowest BCUT2D eigenvalue weighted by Crippen LogP contribution is -2.50. The number of carboxylic acid groups (broad SMARTS) is 1. The number of rotatable bonds is 8. The Balaban J connectivity index is 1.41. The molecule has 0 saturated carbocycles. The molecule has 0 aromatic heterocycles. The molecule has 2 N–H and O–H groups in total. The number of fused-ring (bicyclic) bond motifs is 3. The number of carbonyl (C=O) groups is 3. The molecule has 4 rings (SSSR count). The van der Waals surface area contributed by atoms with Gasteiger partial charge in [0.1, 0.15) is 12.6 Å². The van der Waals surface area contributed by atoms with E-state index in [0.717, 1.165) is 28.7 Å². The summed E-state index contributed by atoms with van der Waals surface area (Å²) >= 11 is 0. The molecule has 1 heterocycles. The lowest BCUT2D eigenvalue weighted by Gasteiger charge is -2.28. The number of carbonyl (C=O) groups excluding carboxylic acids is 2.